The van der Waals surface area contributed by atoms with Crippen LogP contribution in [-0.4, -0.2) is 30.2 Å². The number of carbonyl (C=O) groups excluding carboxylic acids is 2. The van der Waals surface area contributed by atoms with Gasteiger partial charge in [-0.25, -0.2) is 0 Å². The van der Waals surface area contributed by atoms with Crippen molar-refractivity contribution in [2.75, 3.05) is 18.3 Å². The molecule has 1 atom stereocenters. The van der Waals surface area contributed by atoms with Gasteiger partial charge in [-0.2, -0.15) is 0 Å². The van der Waals surface area contributed by atoms with Gasteiger partial charge in [0.25, 0.3) is 11.7 Å². The predicted octanol–water partition coefficient (Wildman–Crippen LogP) is 5.38. The van der Waals surface area contributed by atoms with Crippen LogP contribution in [0.3, 0.4) is 0 Å². The molecule has 0 spiro atoms. The molecule has 3 aromatic rings. The Morgan fingerprint density at radius 3 is 2.50 bits per heavy atom. The van der Waals surface area contributed by atoms with E-state index in [1.54, 1.807) is 36.4 Å². The van der Waals surface area contributed by atoms with Gasteiger partial charge in [-0.1, -0.05) is 44.2 Å². The smallest absolute Gasteiger partial charge is 0.300 e. The van der Waals surface area contributed by atoms with Crippen molar-refractivity contribution in [3.63, 3.8) is 0 Å². The number of anilines is 1. The first-order valence-electron chi connectivity index (χ1n) is 11.8. The third-order valence-electron chi connectivity index (χ3n) is 6.21. The highest BCUT2D eigenvalue weighted by Gasteiger charge is 2.47. The minimum absolute atomic E-state index is 0.0270. The van der Waals surface area contributed by atoms with Gasteiger partial charge in [0.1, 0.15) is 11.5 Å². The molecule has 2 aliphatic rings. The summed E-state index contributed by atoms with van der Waals surface area (Å²) in [5, 5.41) is 11.4. The average Bonchev–Trinajstić information content (AvgIpc) is 3.45. The van der Waals surface area contributed by atoms with Crippen LogP contribution in [0.4, 0.5) is 5.69 Å². The lowest BCUT2D eigenvalue weighted by Gasteiger charge is -2.25. The Kier molecular flexibility index (Phi) is 6.14. The van der Waals surface area contributed by atoms with E-state index in [4.69, 9.17) is 14.2 Å². The lowest BCUT2D eigenvalue weighted by atomic mass is 9.94. The minimum Gasteiger partial charge on any atom is -0.507 e. The number of benzene rings is 3. The summed E-state index contributed by atoms with van der Waals surface area (Å²) in [5.74, 6) is 0.436. The predicted molar refractivity (Wildman–Crippen MR) is 135 cm³/mol. The maximum Gasteiger partial charge on any atom is 0.300 e. The summed E-state index contributed by atoms with van der Waals surface area (Å²) in [6.45, 7) is 6.68. The van der Waals surface area contributed by atoms with Crippen LogP contribution in [0.25, 0.3) is 5.76 Å². The third kappa shape index (κ3) is 4.17. The summed E-state index contributed by atoms with van der Waals surface area (Å²) in [6.07, 6.45) is 0. The first-order chi connectivity index (χ1) is 17.3. The van der Waals surface area contributed by atoms with Gasteiger partial charge in [0.05, 0.1) is 18.2 Å². The van der Waals surface area contributed by atoms with E-state index in [0.717, 1.165) is 5.56 Å². The van der Waals surface area contributed by atoms with E-state index in [1.165, 1.54) is 4.90 Å². The van der Waals surface area contributed by atoms with E-state index in [0.29, 0.717) is 46.6 Å². The van der Waals surface area contributed by atoms with Crippen molar-refractivity contribution in [3.8, 4) is 17.2 Å². The van der Waals surface area contributed by atoms with Crippen LogP contribution in [0.5, 0.6) is 17.2 Å². The highest BCUT2D eigenvalue weighted by molar-refractivity contribution is 6.51. The van der Waals surface area contributed by atoms with Crippen LogP contribution in [0.2, 0.25) is 0 Å². The number of fused-ring (bicyclic) bond motifs is 1. The van der Waals surface area contributed by atoms with E-state index in [2.05, 4.69) is 13.8 Å². The number of nitrogens with zero attached hydrogens (tertiary/aromatic N) is 1. The number of ketones is 1. The van der Waals surface area contributed by atoms with Crippen LogP contribution < -0.4 is 19.1 Å². The van der Waals surface area contributed by atoms with Crippen molar-refractivity contribution in [1.82, 2.24) is 0 Å². The first-order valence-corrected chi connectivity index (χ1v) is 11.8. The average molecular weight is 486 g/mol. The number of ether oxygens (including phenoxy) is 3. The monoisotopic (exact) mass is 485 g/mol. The zero-order chi connectivity index (χ0) is 25.4. The summed E-state index contributed by atoms with van der Waals surface area (Å²) in [5.41, 5.74) is 2.46. The minimum atomic E-state index is -0.816. The molecule has 2 aliphatic heterocycles. The Morgan fingerprint density at radius 1 is 1.03 bits per heavy atom. The van der Waals surface area contributed by atoms with Crippen molar-refractivity contribution in [2.24, 2.45) is 5.92 Å². The molecule has 1 saturated heterocycles. The van der Waals surface area contributed by atoms with E-state index in [-0.39, 0.29) is 18.1 Å². The molecule has 7 nitrogen and oxygen atoms in total. The van der Waals surface area contributed by atoms with Crippen LogP contribution in [0.15, 0.2) is 72.3 Å². The third-order valence-corrected chi connectivity index (χ3v) is 6.21. The topological polar surface area (TPSA) is 85.3 Å². The van der Waals surface area contributed by atoms with Crippen molar-refractivity contribution in [3.05, 3.63) is 89.0 Å². The number of hydrogen-bond donors (Lipinski definition) is 1. The van der Waals surface area contributed by atoms with Gasteiger partial charge in [0, 0.05) is 17.3 Å². The van der Waals surface area contributed by atoms with E-state index in [1.807, 2.05) is 37.3 Å². The largest absolute Gasteiger partial charge is 0.507 e. The highest BCUT2D eigenvalue weighted by atomic mass is 16.7. The quantitative estimate of drug-likeness (QED) is 0.286. The number of aliphatic hydroxyl groups excluding tert-OH is 1. The Hall–Kier alpha value is -4.26. The number of aryl methyl sites for hydroxylation is 1. The molecule has 36 heavy (non-hydrogen) atoms. The Balaban J connectivity index is 1.61. The standard InChI is InChI=1S/C29H27NO6/c1-17(2)15-34-22-11-9-20(13-18(22)3)27(31)25-26(19-7-5-4-6-8-19)30(29(33)28(25)32)21-10-12-23-24(14-21)36-16-35-23/h4-14,17,26,31H,15-16H2,1-3H3/b27-25+. The van der Waals surface area contributed by atoms with E-state index < -0.39 is 17.7 Å². The fourth-order valence-electron chi connectivity index (χ4n) is 4.46. The van der Waals surface area contributed by atoms with Crippen molar-refractivity contribution >= 4 is 23.1 Å². The first kappa shape index (κ1) is 23.5. The number of carbonyl (C=O) groups is 2. The van der Waals surface area contributed by atoms with Gasteiger partial charge in [-0.15, -0.1) is 0 Å². The summed E-state index contributed by atoms with van der Waals surface area (Å²) in [4.78, 5) is 28.1. The Morgan fingerprint density at radius 2 is 1.78 bits per heavy atom. The molecule has 0 saturated carbocycles. The van der Waals surface area contributed by atoms with Gasteiger partial charge in [-0.3, -0.25) is 14.5 Å². The number of rotatable bonds is 6. The maximum atomic E-state index is 13.4. The molecular weight excluding hydrogens is 458 g/mol. The Bertz CT molecular complexity index is 1360. The molecule has 0 aromatic heterocycles. The van der Waals surface area contributed by atoms with Crippen LogP contribution in [-0.2, 0) is 9.59 Å². The summed E-state index contributed by atoms with van der Waals surface area (Å²) in [6, 6.07) is 18.7. The van der Waals surface area contributed by atoms with Crippen LogP contribution in [0.1, 0.15) is 36.6 Å². The van der Waals surface area contributed by atoms with Crippen LogP contribution in [0, 0.1) is 12.8 Å². The van der Waals surface area contributed by atoms with Gasteiger partial charge >= 0.3 is 0 Å². The summed E-state index contributed by atoms with van der Waals surface area (Å²) >= 11 is 0. The molecule has 3 aromatic carbocycles. The SMILES string of the molecule is Cc1cc(/C(O)=C2\C(=O)C(=O)N(c3ccc4c(c3)OCO4)C2c2ccccc2)ccc1OCC(C)C. The fourth-order valence-corrected chi connectivity index (χ4v) is 4.46. The zero-order valence-corrected chi connectivity index (χ0v) is 20.4. The molecule has 7 heteroatoms. The second kappa shape index (κ2) is 9.41. The zero-order valence-electron chi connectivity index (χ0n) is 20.4. The summed E-state index contributed by atoms with van der Waals surface area (Å²) < 4.78 is 16.7. The number of hydrogen-bond acceptors (Lipinski definition) is 6. The highest BCUT2D eigenvalue weighted by Crippen LogP contribution is 2.45. The molecule has 1 unspecified atom stereocenters. The van der Waals surface area contributed by atoms with Gasteiger partial charge in [-0.05, 0) is 54.3 Å². The number of aliphatic hydroxyl groups is 1. The molecule has 5 rings (SSSR count). The fraction of sp³-hybridized carbons (Fsp3) is 0.241. The molecule has 0 radical (unpaired) electrons. The second-order valence-electron chi connectivity index (χ2n) is 9.30. The molecule has 0 aliphatic carbocycles. The second-order valence-corrected chi connectivity index (χ2v) is 9.30. The molecule has 184 valence electrons. The lowest BCUT2D eigenvalue weighted by molar-refractivity contribution is -0.132. The lowest BCUT2D eigenvalue weighted by Crippen LogP contribution is -2.29. The molecule has 1 N–H and O–H groups in total. The van der Waals surface area contributed by atoms with E-state index >= 15 is 0 Å². The molecular formula is C29H27NO6. The van der Waals surface area contributed by atoms with Gasteiger partial charge < -0.3 is 19.3 Å². The number of Topliss-reactive ketones (excluding diaryl/α,β-unsaturated/α-hetero) is 1. The van der Waals surface area contributed by atoms with Gasteiger partial charge in [0.2, 0.25) is 6.79 Å². The molecule has 1 amide bonds. The molecule has 0 bridgehead atoms. The molecule has 1 fully saturated rings. The van der Waals surface area contributed by atoms with Gasteiger partial charge in [0.15, 0.2) is 11.5 Å². The maximum absolute atomic E-state index is 13.4. The van der Waals surface area contributed by atoms with Crippen molar-refractivity contribution in [1.29, 1.82) is 0 Å². The van der Waals surface area contributed by atoms with Crippen LogP contribution >= 0.6 is 0 Å². The molecule has 2 heterocycles. The normalized spacial score (nSPS) is 18.2. The van der Waals surface area contributed by atoms with E-state index in [9.17, 15) is 14.7 Å². The summed E-state index contributed by atoms with van der Waals surface area (Å²) in [7, 11) is 0. The van der Waals surface area contributed by atoms with Crippen molar-refractivity contribution < 1.29 is 28.9 Å². The van der Waals surface area contributed by atoms with Crippen molar-refractivity contribution in [2.45, 2.75) is 26.8 Å². The Labute approximate surface area is 209 Å². The number of amides is 1.